The first-order valence-corrected chi connectivity index (χ1v) is 5.48. The Hall–Kier alpha value is -1.12. The fraction of sp³-hybridized carbons (Fsp3) is 0.308. The van der Waals surface area contributed by atoms with E-state index < -0.39 is 5.60 Å². The normalized spacial score (nSPS) is 14.1. The molecule has 0 saturated carbocycles. The molecular weight excluding hydrogens is 222 g/mol. The van der Waals surface area contributed by atoms with Crippen molar-refractivity contribution >= 4 is 11.6 Å². The number of pyridine rings is 1. The SMILES string of the molecule is C=CCOC(C)(CC=C)c1ccc(Cl)nc1. The molecule has 1 heterocycles. The molecule has 0 aromatic carbocycles. The molecule has 1 rings (SSSR count). The molecule has 1 unspecified atom stereocenters. The van der Waals surface area contributed by atoms with E-state index in [9.17, 15) is 0 Å². The summed E-state index contributed by atoms with van der Waals surface area (Å²) in [5.74, 6) is 0. The Kier molecular flexibility index (Phi) is 4.71. The molecule has 0 aliphatic carbocycles. The van der Waals surface area contributed by atoms with Gasteiger partial charge in [0.15, 0.2) is 0 Å². The summed E-state index contributed by atoms with van der Waals surface area (Å²) in [6.45, 7) is 9.88. The van der Waals surface area contributed by atoms with Gasteiger partial charge in [0.2, 0.25) is 0 Å². The number of ether oxygens (including phenoxy) is 1. The van der Waals surface area contributed by atoms with Crippen LogP contribution >= 0.6 is 11.6 Å². The molecule has 2 nitrogen and oxygen atoms in total. The lowest BCUT2D eigenvalue weighted by Gasteiger charge is -2.28. The highest BCUT2D eigenvalue weighted by Gasteiger charge is 2.25. The third kappa shape index (κ3) is 3.19. The van der Waals surface area contributed by atoms with Gasteiger partial charge in [-0.2, -0.15) is 0 Å². The zero-order valence-electron chi connectivity index (χ0n) is 9.45. The second-order valence-electron chi connectivity index (χ2n) is 3.69. The Labute approximate surface area is 102 Å². The van der Waals surface area contributed by atoms with E-state index in [1.165, 1.54) is 0 Å². The zero-order chi connectivity index (χ0) is 12.0. The van der Waals surface area contributed by atoms with Gasteiger partial charge in [0.1, 0.15) is 5.15 Å². The molecule has 0 aliphatic heterocycles. The minimum atomic E-state index is -0.423. The molecule has 0 N–H and O–H groups in total. The lowest BCUT2D eigenvalue weighted by Crippen LogP contribution is -2.25. The highest BCUT2D eigenvalue weighted by Crippen LogP contribution is 2.29. The number of hydrogen-bond acceptors (Lipinski definition) is 2. The molecular formula is C13H16ClNO. The van der Waals surface area contributed by atoms with Crippen LogP contribution in [0.3, 0.4) is 0 Å². The van der Waals surface area contributed by atoms with Crippen LogP contribution in [0.25, 0.3) is 0 Å². The number of halogens is 1. The summed E-state index contributed by atoms with van der Waals surface area (Å²) in [5, 5.41) is 0.480. The second-order valence-corrected chi connectivity index (χ2v) is 4.08. The molecule has 1 aromatic heterocycles. The van der Waals surface area contributed by atoms with Crippen LogP contribution in [-0.2, 0) is 10.3 Å². The van der Waals surface area contributed by atoms with Gasteiger partial charge in [-0.25, -0.2) is 4.98 Å². The third-order valence-corrected chi connectivity index (χ3v) is 2.62. The molecule has 16 heavy (non-hydrogen) atoms. The molecule has 0 bridgehead atoms. The van der Waals surface area contributed by atoms with Crippen molar-refractivity contribution < 1.29 is 4.74 Å². The first kappa shape index (κ1) is 12.9. The quantitative estimate of drug-likeness (QED) is 0.556. The summed E-state index contributed by atoms with van der Waals surface area (Å²) in [4.78, 5) is 4.06. The molecule has 1 aromatic rings. The Balaban J connectivity index is 2.94. The van der Waals surface area contributed by atoms with Crippen LogP contribution in [0.1, 0.15) is 18.9 Å². The Morgan fingerprint density at radius 2 is 2.19 bits per heavy atom. The van der Waals surface area contributed by atoms with Crippen LogP contribution in [0.2, 0.25) is 5.15 Å². The molecule has 0 saturated heterocycles. The third-order valence-electron chi connectivity index (χ3n) is 2.39. The Morgan fingerprint density at radius 1 is 1.44 bits per heavy atom. The highest BCUT2D eigenvalue weighted by molar-refractivity contribution is 6.29. The molecule has 1 atom stereocenters. The van der Waals surface area contributed by atoms with Gasteiger partial charge >= 0.3 is 0 Å². The maximum absolute atomic E-state index is 5.77. The van der Waals surface area contributed by atoms with Gasteiger partial charge in [-0.3, -0.25) is 0 Å². The largest absolute Gasteiger partial charge is 0.366 e. The van der Waals surface area contributed by atoms with E-state index in [2.05, 4.69) is 18.1 Å². The van der Waals surface area contributed by atoms with E-state index in [4.69, 9.17) is 16.3 Å². The average molecular weight is 238 g/mol. The summed E-state index contributed by atoms with van der Waals surface area (Å²) in [7, 11) is 0. The lowest BCUT2D eigenvalue weighted by atomic mass is 9.93. The molecule has 0 amide bonds. The molecule has 0 radical (unpaired) electrons. The van der Waals surface area contributed by atoms with Crippen molar-refractivity contribution in [1.82, 2.24) is 4.98 Å². The van der Waals surface area contributed by atoms with Crippen molar-refractivity contribution in [2.45, 2.75) is 18.9 Å². The molecule has 86 valence electrons. The highest BCUT2D eigenvalue weighted by atomic mass is 35.5. The number of hydrogen-bond donors (Lipinski definition) is 0. The minimum absolute atomic E-state index is 0.423. The maximum atomic E-state index is 5.77. The van der Waals surface area contributed by atoms with Crippen LogP contribution in [0.5, 0.6) is 0 Å². The van der Waals surface area contributed by atoms with Crippen molar-refractivity contribution in [2.24, 2.45) is 0 Å². The van der Waals surface area contributed by atoms with Crippen molar-refractivity contribution in [2.75, 3.05) is 6.61 Å². The summed E-state index contributed by atoms with van der Waals surface area (Å²) in [5.41, 5.74) is 0.562. The fourth-order valence-corrected chi connectivity index (χ4v) is 1.58. The van der Waals surface area contributed by atoms with Gasteiger partial charge in [-0.05, 0) is 19.4 Å². The minimum Gasteiger partial charge on any atom is -0.366 e. The summed E-state index contributed by atoms with van der Waals surface area (Å²) in [6, 6.07) is 3.68. The summed E-state index contributed by atoms with van der Waals surface area (Å²) < 4.78 is 5.77. The first-order valence-electron chi connectivity index (χ1n) is 5.10. The van der Waals surface area contributed by atoms with E-state index in [-0.39, 0.29) is 0 Å². The monoisotopic (exact) mass is 237 g/mol. The number of aromatic nitrogens is 1. The lowest BCUT2D eigenvalue weighted by molar-refractivity contribution is -0.0183. The maximum Gasteiger partial charge on any atom is 0.129 e. The van der Waals surface area contributed by atoms with E-state index in [1.54, 1.807) is 18.3 Å². The molecule has 0 aliphatic rings. The predicted molar refractivity (Wildman–Crippen MR) is 67.6 cm³/mol. The van der Waals surface area contributed by atoms with Gasteiger partial charge in [0.25, 0.3) is 0 Å². The fourth-order valence-electron chi connectivity index (χ4n) is 1.47. The van der Waals surface area contributed by atoms with Crippen LogP contribution < -0.4 is 0 Å². The van der Waals surface area contributed by atoms with Crippen molar-refractivity contribution in [3.63, 3.8) is 0 Å². The molecule has 0 fully saturated rings. The van der Waals surface area contributed by atoms with Crippen molar-refractivity contribution in [1.29, 1.82) is 0 Å². The van der Waals surface area contributed by atoms with E-state index in [0.29, 0.717) is 18.2 Å². The van der Waals surface area contributed by atoms with Crippen molar-refractivity contribution in [3.05, 3.63) is 54.4 Å². The topological polar surface area (TPSA) is 22.1 Å². The van der Waals surface area contributed by atoms with Gasteiger partial charge < -0.3 is 4.74 Å². The van der Waals surface area contributed by atoms with E-state index >= 15 is 0 Å². The average Bonchev–Trinajstić information content (AvgIpc) is 2.27. The number of rotatable bonds is 6. The standard InChI is InChI=1S/C13H16ClNO/c1-4-8-13(3,16-9-5-2)11-6-7-12(14)15-10-11/h4-7,10H,1-2,8-9H2,3H3. The Morgan fingerprint density at radius 3 is 2.69 bits per heavy atom. The predicted octanol–water partition coefficient (Wildman–Crippen LogP) is 3.73. The Bertz CT molecular complexity index is 361. The van der Waals surface area contributed by atoms with Gasteiger partial charge in [0, 0.05) is 11.8 Å². The zero-order valence-corrected chi connectivity index (χ0v) is 10.2. The van der Waals surface area contributed by atoms with Crippen LogP contribution in [-0.4, -0.2) is 11.6 Å². The van der Waals surface area contributed by atoms with Gasteiger partial charge in [0.05, 0.1) is 12.2 Å². The molecule has 3 heteroatoms. The van der Waals surface area contributed by atoms with Crippen LogP contribution in [0, 0.1) is 0 Å². The summed E-state index contributed by atoms with van der Waals surface area (Å²) in [6.07, 6.45) is 6.00. The van der Waals surface area contributed by atoms with E-state index in [1.807, 2.05) is 19.1 Å². The van der Waals surface area contributed by atoms with E-state index in [0.717, 1.165) is 5.56 Å². The second kappa shape index (κ2) is 5.83. The van der Waals surface area contributed by atoms with Crippen LogP contribution in [0.15, 0.2) is 43.6 Å². The molecule has 0 spiro atoms. The first-order chi connectivity index (χ1) is 7.62. The van der Waals surface area contributed by atoms with Crippen LogP contribution in [0.4, 0.5) is 0 Å². The smallest absolute Gasteiger partial charge is 0.129 e. The van der Waals surface area contributed by atoms with Crippen molar-refractivity contribution in [3.8, 4) is 0 Å². The van der Waals surface area contributed by atoms with Gasteiger partial charge in [-0.15, -0.1) is 13.2 Å². The van der Waals surface area contributed by atoms with Gasteiger partial charge in [-0.1, -0.05) is 29.8 Å². The summed E-state index contributed by atoms with van der Waals surface area (Å²) >= 11 is 5.75. The number of nitrogens with zero attached hydrogens (tertiary/aromatic N) is 1.